The molecule has 3 rings (SSSR count). The van der Waals surface area contributed by atoms with E-state index in [-0.39, 0.29) is 5.82 Å². The van der Waals surface area contributed by atoms with E-state index < -0.39 is 10.0 Å². The van der Waals surface area contributed by atoms with Gasteiger partial charge >= 0.3 is 0 Å². The molecule has 25 heavy (non-hydrogen) atoms. The van der Waals surface area contributed by atoms with Gasteiger partial charge in [0.05, 0.1) is 4.90 Å². The van der Waals surface area contributed by atoms with Crippen LogP contribution in [0.15, 0.2) is 64.4 Å². The minimum Gasteiger partial charge on any atom is -0.300 e. The van der Waals surface area contributed by atoms with E-state index in [0.717, 1.165) is 12.3 Å². The van der Waals surface area contributed by atoms with Gasteiger partial charge in [0, 0.05) is 43.4 Å². The molecule has 0 saturated carbocycles. The quantitative estimate of drug-likeness (QED) is 0.723. The van der Waals surface area contributed by atoms with Crippen LogP contribution < -0.4 is 0 Å². The Balaban J connectivity index is 1.48. The molecule has 0 atom stereocenters. The molecule has 0 radical (unpaired) electrons. The number of benzene rings is 2. The fourth-order valence-corrected chi connectivity index (χ4v) is 5.17. The summed E-state index contributed by atoms with van der Waals surface area (Å²) in [6.45, 7) is 3.19. The standard InChI is InChI=1S/C18H21FN2O2S2/c19-17-8-4-5-9-18(17)24-15-14-20-10-12-21(13-11-20)25(22,23)16-6-2-1-3-7-16/h1-9H,10-15H2. The third-order valence-corrected chi connectivity index (χ3v) is 7.16. The van der Waals surface area contributed by atoms with Gasteiger partial charge in [-0.1, -0.05) is 30.3 Å². The number of hydrogen-bond donors (Lipinski definition) is 0. The maximum atomic E-state index is 13.6. The van der Waals surface area contributed by atoms with Crippen LogP contribution in [-0.4, -0.2) is 56.1 Å². The largest absolute Gasteiger partial charge is 0.300 e. The summed E-state index contributed by atoms with van der Waals surface area (Å²) in [5.41, 5.74) is 0. The summed E-state index contributed by atoms with van der Waals surface area (Å²) >= 11 is 1.50. The molecule has 0 amide bonds. The molecular weight excluding hydrogens is 359 g/mol. The lowest BCUT2D eigenvalue weighted by molar-refractivity contribution is 0.197. The highest BCUT2D eigenvalue weighted by atomic mass is 32.2. The zero-order valence-corrected chi connectivity index (χ0v) is 15.5. The molecule has 0 unspecified atom stereocenters. The Hall–Kier alpha value is -1.41. The van der Waals surface area contributed by atoms with Crippen molar-refractivity contribution < 1.29 is 12.8 Å². The van der Waals surface area contributed by atoms with Crippen molar-refractivity contribution in [1.29, 1.82) is 0 Å². The molecule has 0 spiro atoms. The van der Waals surface area contributed by atoms with Gasteiger partial charge in [0.25, 0.3) is 0 Å². The van der Waals surface area contributed by atoms with E-state index in [1.807, 2.05) is 12.1 Å². The fourth-order valence-electron chi connectivity index (χ4n) is 2.78. The van der Waals surface area contributed by atoms with Crippen LogP contribution in [0.4, 0.5) is 4.39 Å². The van der Waals surface area contributed by atoms with E-state index in [1.165, 1.54) is 17.8 Å². The van der Waals surface area contributed by atoms with Crippen LogP contribution in [0.2, 0.25) is 0 Å². The maximum absolute atomic E-state index is 13.6. The first-order chi connectivity index (χ1) is 12.1. The van der Waals surface area contributed by atoms with Crippen LogP contribution in [-0.2, 0) is 10.0 Å². The van der Waals surface area contributed by atoms with Gasteiger partial charge in [-0.25, -0.2) is 12.8 Å². The SMILES string of the molecule is O=S(=O)(c1ccccc1)N1CCN(CCSc2ccccc2F)CC1. The van der Waals surface area contributed by atoms with Gasteiger partial charge in [-0.15, -0.1) is 11.8 Å². The highest BCUT2D eigenvalue weighted by molar-refractivity contribution is 7.99. The average Bonchev–Trinajstić information content (AvgIpc) is 2.64. The van der Waals surface area contributed by atoms with Crippen LogP contribution in [0.1, 0.15) is 0 Å². The minimum absolute atomic E-state index is 0.189. The Bertz CT molecular complexity index is 792. The van der Waals surface area contributed by atoms with Gasteiger partial charge < -0.3 is 0 Å². The Kier molecular flexibility index (Phi) is 6.11. The smallest absolute Gasteiger partial charge is 0.243 e. The summed E-state index contributed by atoms with van der Waals surface area (Å²) in [6, 6.07) is 15.3. The Morgan fingerprint density at radius 2 is 1.56 bits per heavy atom. The number of piperazine rings is 1. The van der Waals surface area contributed by atoms with E-state index in [0.29, 0.717) is 36.0 Å². The van der Waals surface area contributed by atoms with Crippen molar-refractivity contribution in [3.05, 3.63) is 60.4 Å². The lowest BCUT2D eigenvalue weighted by Gasteiger charge is -2.33. The van der Waals surface area contributed by atoms with Crippen LogP contribution >= 0.6 is 11.8 Å². The topological polar surface area (TPSA) is 40.6 Å². The Morgan fingerprint density at radius 1 is 0.920 bits per heavy atom. The first kappa shape index (κ1) is 18.4. The van der Waals surface area contributed by atoms with Crippen molar-refractivity contribution >= 4 is 21.8 Å². The number of sulfonamides is 1. The molecule has 1 fully saturated rings. The molecule has 0 bridgehead atoms. The third-order valence-electron chi connectivity index (χ3n) is 4.21. The number of rotatable bonds is 6. The van der Waals surface area contributed by atoms with E-state index in [2.05, 4.69) is 4.90 Å². The molecule has 0 aromatic heterocycles. The molecule has 1 heterocycles. The average molecular weight is 381 g/mol. The zero-order valence-electron chi connectivity index (χ0n) is 13.8. The number of halogens is 1. The second kappa shape index (κ2) is 8.31. The summed E-state index contributed by atoms with van der Waals surface area (Å²) in [7, 11) is -3.40. The maximum Gasteiger partial charge on any atom is 0.243 e. The number of nitrogens with zero attached hydrogens (tertiary/aromatic N) is 2. The molecule has 2 aromatic carbocycles. The van der Waals surface area contributed by atoms with Crippen molar-refractivity contribution in [1.82, 2.24) is 9.21 Å². The highest BCUT2D eigenvalue weighted by Gasteiger charge is 2.28. The van der Waals surface area contributed by atoms with E-state index in [4.69, 9.17) is 0 Å². The van der Waals surface area contributed by atoms with E-state index >= 15 is 0 Å². The monoisotopic (exact) mass is 380 g/mol. The van der Waals surface area contributed by atoms with Crippen molar-refractivity contribution in [2.24, 2.45) is 0 Å². The summed E-state index contributed by atoms with van der Waals surface area (Å²) in [5.74, 6) is 0.595. The molecule has 1 saturated heterocycles. The Morgan fingerprint density at radius 3 is 2.24 bits per heavy atom. The lowest BCUT2D eigenvalue weighted by Crippen LogP contribution is -2.49. The zero-order chi connectivity index (χ0) is 17.7. The van der Waals surface area contributed by atoms with Crippen LogP contribution in [0.25, 0.3) is 0 Å². The second-order valence-electron chi connectivity index (χ2n) is 5.84. The van der Waals surface area contributed by atoms with Crippen LogP contribution in [0.5, 0.6) is 0 Å². The summed E-state index contributed by atoms with van der Waals surface area (Å²) in [5, 5.41) is 0. The predicted octanol–water partition coefficient (Wildman–Crippen LogP) is 2.92. The molecule has 4 nitrogen and oxygen atoms in total. The van der Waals surface area contributed by atoms with Crippen molar-refractivity contribution in [2.75, 3.05) is 38.5 Å². The number of thioether (sulfide) groups is 1. The van der Waals surface area contributed by atoms with Gasteiger partial charge in [0.2, 0.25) is 10.0 Å². The minimum atomic E-state index is -3.40. The third kappa shape index (κ3) is 4.61. The first-order valence-corrected chi connectivity index (χ1v) is 10.6. The first-order valence-electron chi connectivity index (χ1n) is 8.22. The van der Waals surface area contributed by atoms with Crippen molar-refractivity contribution in [2.45, 2.75) is 9.79 Å². The van der Waals surface area contributed by atoms with Crippen LogP contribution in [0, 0.1) is 5.82 Å². The fraction of sp³-hybridized carbons (Fsp3) is 0.333. The second-order valence-corrected chi connectivity index (χ2v) is 8.91. The molecular formula is C18H21FN2O2S2. The molecule has 1 aliphatic rings. The molecule has 7 heteroatoms. The van der Waals surface area contributed by atoms with Gasteiger partial charge in [-0.05, 0) is 24.3 Å². The predicted molar refractivity (Wildman–Crippen MR) is 98.8 cm³/mol. The van der Waals surface area contributed by atoms with Gasteiger partial charge in [-0.3, -0.25) is 4.90 Å². The molecule has 1 aliphatic heterocycles. The molecule has 134 valence electrons. The summed E-state index contributed by atoms with van der Waals surface area (Å²) < 4.78 is 40.3. The highest BCUT2D eigenvalue weighted by Crippen LogP contribution is 2.22. The van der Waals surface area contributed by atoms with E-state index in [1.54, 1.807) is 40.7 Å². The van der Waals surface area contributed by atoms with Gasteiger partial charge in [-0.2, -0.15) is 4.31 Å². The lowest BCUT2D eigenvalue weighted by atomic mass is 10.3. The van der Waals surface area contributed by atoms with Crippen LogP contribution in [0.3, 0.4) is 0 Å². The molecule has 2 aromatic rings. The molecule has 0 N–H and O–H groups in total. The van der Waals surface area contributed by atoms with Crippen molar-refractivity contribution in [3.63, 3.8) is 0 Å². The Labute approximate surface area is 152 Å². The number of hydrogen-bond acceptors (Lipinski definition) is 4. The molecule has 0 aliphatic carbocycles. The summed E-state index contributed by atoms with van der Waals surface area (Å²) in [6.07, 6.45) is 0. The summed E-state index contributed by atoms with van der Waals surface area (Å²) in [4.78, 5) is 3.23. The van der Waals surface area contributed by atoms with Gasteiger partial charge in [0.1, 0.15) is 5.82 Å². The van der Waals surface area contributed by atoms with E-state index in [9.17, 15) is 12.8 Å². The van der Waals surface area contributed by atoms with Gasteiger partial charge in [0.15, 0.2) is 0 Å². The normalized spacial score (nSPS) is 16.8. The van der Waals surface area contributed by atoms with Crippen molar-refractivity contribution in [3.8, 4) is 0 Å².